The summed E-state index contributed by atoms with van der Waals surface area (Å²) in [7, 11) is 1.39. The molecule has 0 aliphatic heterocycles. The number of non-ortho nitro benzene ring substituents is 1. The number of halogens is 3. The van der Waals surface area contributed by atoms with Gasteiger partial charge >= 0.3 is 6.09 Å². The number of nitrogens with zero attached hydrogens (tertiary/aromatic N) is 1. The quantitative estimate of drug-likeness (QED) is 0.165. The van der Waals surface area contributed by atoms with Gasteiger partial charge in [0.05, 0.1) is 17.7 Å². The summed E-state index contributed by atoms with van der Waals surface area (Å²) in [6.45, 7) is 0.00677. The van der Waals surface area contributed by atoms with Gasteiger partial charge in [-0.15, -0.1) is 0 Å². The fraction of sp³-hybridized carbons (Fsp3) is 0.222. The van der Waals surface area contributed by atoms with E-state index in [1.807, 2.05) is 6.07 Å². The fourth-order valence-electron chi connectivity index (χ4n) is 2.28. The molecule has 0 fully saturated rings. The molecule has 0 radical (unpaired) electrons. The Morgan fingerprint density at radius 3 is 2.45 bits per heavy atom. The van der Waals surface area contributed by atoms with Crippen LogP contribution in [-0.2, 0) is 11.3 Å². The lowest BCUT2D eigenvalue weighted by Gasteiger charge is -2.27. The smallest absolute Gasteiger partial charge is 0.409 e. The van der Waals surface area contributed by atoms with Gasteiger partial charge in [0, 0.05) is 12.1 Å². The molecule has 3 N–H and O–H groups in total. The minimum absolute atomic E-state index is 0.00677. The molecule has 0 aliphatic rings. The van der Waals surface area contributed by atoms with Gasteiger partial charge in [-0.05, 0) is 23.8 Å². The van der Waals surface area contributed by atoms with E-state index in [9.17, 15) is 14.9 Å². The van der Waals surface area contributed by atoms with Crippen LogP contribution in [0.4, 0.5) is 16.2 Å². The van der Waals surface area contributed by atoms with Crippen LogP contribution in [0.3, 0.4) is 0 Å². The maximum atomic E-state index is 12.1. The first-order valence-corrected chi connectivity index (χ1v) is 10.1. The van der Waals surface area contributed by atoms with E-state index in [2.05, 4.69) is 16.0 Å². The van der Waals surface area contributed by atoms with Crippen molar-refractivity contribution in [2.24, 2.45) is 0 Å². The number of carbonyl (C=O) groups is 1. The van der Waals surface area contributed by atoms with Crippen LogP contribution in [0, 0.1) is 10.1 Å². The van der Waals surface area contributed by atoms with E-state index in [0.29, 0.717) is 0 Å². The topological polar surface area (TPSA) is 115 Å². The molecule has 13 heteroatoms. The Hall–Kier alpha value is -2.53. The predicted octanol–water partition coefficient (Wildman–Crippen LogP) is 4.51. The van der Waals surface area contributed by atoms with Crippen molar-refractivity contribution in [3.8, 4) is 5.75 Å². The molecule has 0 aromatic heterocycles. The predicted molar refractivity (Wildman–Crippen MR) is 123 cm³/mol. The second kappa shape index (κ2) is 11.2. The van der Waals surface area contributed by atoms with Crippen LogP contribution in [0.2, 0.25) is 0 Å². The first-order chi connectivity index (χ1) is 14.6. The van der Waals surface area contributed by atoms with Crippen molar-refractivity contribution in [2.45, 2.75) is 16.6 Å². The number of nitro groups is 1. The number of nitrogens with one attached hydrogen (secondary N) is 3. The van der Waals surface area contributed by atoms with E-state index >= 15 is 0 Å². The standard InChI is InChI=1S/C18H17Cl3N4O5S/c1-29-14-8-7-12(25(27)28)9-13(14)22-16(31)23-15(18(19,20)21)24-17(26)30-10-11-5-3-2-4-6-11/h2-9,15H,10H2,1H3,(H,24,26)(H2,22,23,31)/t15-/m1/s1. The second-order valence-corrected chi connectivity index (χ2v) is 8.70. The number of hydrogen-bond acceptors (Lipinski definition) is 6. The first-order valence-electron chi connectivity index (χ1n) is 8.54. The molecule has 0 unspecified atom stereocenters. The van der Waals surface area contributed by atoms with E-state index in [-0.39, 0.29) is 28.8 Å². The molecule has 1 amide bonds. The summed E-state index contributed by atoms with van der Waals surface area (Å²) >= 11 is 23.0. The number of anilines is 1. The molecule has 2 rings (SSSR count). The van der Waals surface area contributed by atoms with Crippen molar-refractivity contribution in [2.75, 3.05) is 12.4 Å². The van der Waals surface area contributed by atoms with Gasteiger partial charge in [0.2, 0.25) is 3.79 Å². The number of carbonyl (C=O) groups excluding carboxylic acids is 1. The Bertz CT molecular complexity index is 944. The lowest BCUT2D eigenvalue weighted by atomic mass is 10.2. The van der Waals surface area contributed by atoms with Gasteiger partial charge in [-0.1, -0.05) is 65.1 Å². The van der Waals surface area contributed by atoms with Gasteiger partial charge in [-0.2, -0.15) is 0 Å². The van der Waals surface area contributed by atoms with Crippen LogP contribution in [-0.4, -0.2) is 33.2 Å². The second-order valence-electron chi connectivity index (χ2n) is 5.92. The van der Waals surface area contributed by atoms with Crippen LogP contribution in [0.25, 0.3) is 0 Å². The number of rotatable bonds is 7. The van der Waals surface area contributed by atoms with Gasteiger partial charge in [-0.25, -0.2) is 4.79 Å². The Morgan fingerprint density at radius 1 is 1.19 bits per heavy atom. The van der Waals surface area contributed by atoms with Gasteiger partial charge in [0.1, 0.15) is 12.4 Å². The summed E-state index contributed by atoms with van der Waals surface area (Å²) in [5.74, 6) is 0.287. The highest BCUT2D eigenvalue weighted by molar-refractivity contribution is 7.80. The zero-order valence-corrected chi connectivity index (χ0v) is 19.0. The maximum absolute atomic E-state index is 12.1. The Kier molecular flexibility index (Phi) is 8.93. The molecule has 166 valence electrons. The molecular formula is C18H17Cl3N4O5S. The number of hydrogen-bond donors (Lipinski definition) is 3. The van der Waals surface area contributed by atoms with Crippen molar-refractivity contribution in [3.05, 3.63) is 64.2 Å². The maximum Gasteiger partial charge on any atom is 0.409 e. The average Bonchev–Trinajstić information content (AvgIpc) is 2.71. The first kappa shape index (κ1) is 24.7. The molecule has 0 spiro atoms. The summed E-state index contributed by atoms with van der Waals surface area (Å²) in [6.07, 6.45) is -2.14. The molecule has 1 atom stereocenters. The van der Waals surface area contributed by atoms with Gasteiger partial charge in [0.15, 0.2) is 11.3 Å². The number of amides is 1. The summed E-state index contributed by atoms with van der Waals surface area (Å²) in [6, 6.07) is 12.9. The number of thiocarbonyl (C=S) groups is 1. The van der Waals surface area contributed by atoms with Gasteiger partial charge < -0.3 is 20.1 Å². The third kappa shape index (κ3) is 7.91. The molecule has 31 heavy (non-hydrogen) atoms. The van der Waals surface area contributed by atoms with Crippen LogP contribution >= 0.6 is 47.0 Å². The van der Waals surface area contributed by atoms with Crippen LogP contribution in [0.15, 0.2) is 48.5 Å². The lowest BCUT2D eigenvalue weighted by molar-refractivity contribution is -0.384. The Labute approximate surface area is 198 Å². The van der Waals surface area contributed by atoms with Gasteiger partial charge in [-0.3, -0.25) is 15.4 Å². The van der Waals surface area contributed by atoms with Crippen molar-refractivity contribution in [1.29, 1.82) is 0 Å². The SMILES string of the molecule is COc1ccc([N+](=O)[O-])cc1NC(=S)N[C@H](NC(=O)OCc1ccccc1)C(Cl)(Cl)Cl. The number of alkyl carbamates (subject to hydrolysis) is 1. The number of nitro benzene ring substituents is 1. The highest BCUT2D eigenvalue weighted by atomic mass is 35.6. The number of methoxy groups -OCH3 is 1. The zero-order chi connectivity index (χ0) is 23.0. The lowest BCUT2D eigenvalue weighted by Crippen LogP contribution is -2.56. The molecule has 0 saturated heterocycles. The third-order valence-electron chi connectivity index (χ3n) is 3.72. The van der Waals surface area contributed by atoms with E-state index in [4.69, 9.17) is 56.5 Å². The summed E-state index contributed by atoms with van der Waals surface area (Å²) < 4.78 is 8.25. The molecule has 0 bridgehead atoms. The summed E-state index contributed by atoms with van der Waals surface area (Å²) in [5.41, 5.74) is 0.779. The van der Waals surface area contributed by atoms with Crippen molar-refractivity contribution in [1.82, 2.24) is 10.6 Å². The Morgan fingerprint density at radius 2 is 1.87 bits per heavy atom. The molecule has 0 aliphatic carbocycles. The fourth-order valence-corrected chi connectivity index (χ4v) is 2.83. The number of ether oxygens (including phenoxy) is 2. The van der Waals surface area contributed by atoms with Crippen LogP contribution in [0.1, 0.15) is 5.56 Å². The molecular weight excluding hydrogens is 491 g/mol. The largest absolute Gasteiger partial charge is 0.495 e. The monoisotopic (exact) mass is 506 g/mol. The van der Waals surface area contributed by atoms with Crippen molar-refractivity contribution < 1.29 is 19.2 Å². The van der Waals surface area contributed by atoms with Crippen LogP contribution in [0.5, 0.6) is 5.75 Å². The molecule has 9 nitrogen and oxygen atoms in total. The summed E-state index contributed by atoms with van der Waals surface area (Å²) in [5, 5.41) is 18.6. The molecule has 0 heterocycles. The molecule has 2 aromatic rings. The minimum Gasteiger partial charge on any atom is -0.495 e. The summed E-state index contributed by atoms with van der Waals surface area (Å²) in [4.78, 5) is 22.6. The highest BCUT2D eigenvalue weighted by Gasteiger charge is 2.35. The average molecular weight is 508 g/mol. The normalized spacial score (nSPS) is 11.7. The highest BCUT2D eigenvalue weighted by Crippen LogP contribution is 2.31. The zero-order valence-electron chi connectivity index (χ0n) is 15.9. The van der Waals surface area contributed by atoms with E-state index < -0.39 is 21.0 Å². The molecule has 0 saturated carbocycles. The molecule has 2 aromatic carbocycles. The van der Waals surface area contributed by atoms with Crippen molar-refractivity contribution >= 4 is 69.6 Å². The number of alkyl halides is 3. The Balaban J connectivity index is 2.04. The van der Waals surface area contributed by atoms with E-state index in [1.54, 1.807) is 24.3 Å². The van der Waals surface area contributed by atoms with Crippen molar-refractivity contribution in [3.63, 3.8) is 0 Å². The van der Waals surface area contributed by atoms with E-state index in [0.717, 1.165) is 5.56 Å². The minimum atomic E-state index is -2.01. The van der Waals surface area contributed by atoms with Gasteiger partial charge in [0.25, 0.3) is 5.69 Å². The number of benzene rings is 2. The third-order valence-corrected chi connectivity index (χ3v) is 4.59. The van der Waals surface area contributed by atoms with Crippen LogP contribution < -0.4 is 20.7 Å². The van der Waals surface area contributed by atoms with E-state index in [1.165, 1.54) is 25.3 Å².